The number of carbonyl (C=O) groups excluding carboxylic acids is 1. The molecule has 4 nitrogen and oxygen atoms in total. The molecule has 0 spiro atoms. The maximum absolute atomic E-state index is 12.0. The average molecular weight is 372 g/mol. The second kappa shape index (κ2) is 6.71. The molecule has 116 valence electrons. The molecular weight excluding hydrogens is 358 g/mol. The van der Waals surface area contributed by atoms with E-state index in [4.69, 9.17) is 9.15 Å². The van der Waals surface area contributed by atoms with Crippen LogP contribution in [-0.4, -0.2) is 13.0 Å². The van der Waals surface area contributed by atoms with E-state index in [1.165, 1.54) is 6.08 Å². The minimum atomic E-state index is -0.232. The van der Waals surface area contributed by atoms with Crippen molar-refractivity contribution in [2.45, 2.75) is 0 Å². The molecule has 0 aliphatic carbocycles. The predicted molar refractivity (Wildman–Crippen MR) is 94.6 cm³/mol. The van der Waals surface area contributed by atoms with Crippen LogP contribution >= 0.6 is 15.9 Å². The number of benzene rings is 2. The van der Waals surface area contributed by atoms with Gasteiger partial charge in [-0.2, -0.15) is 0 Å². The molecule has 0 aliphatic heterocycles. The summed E-state index contributed by atoms with van der Waals surface area (Å²) in [4.78, 5) is 12.0. The smallest absolute Gasteiger partial charge is 0.248 e. The molecular formula is C18H14BrNO3. The molecule has 23 heavy (non-hydrogen) atoms. The van der Waals surface area contributed by atoms with Crippen LogP contribution in [0.3, 0.4) is 0 Å². The number of rotatable bonds is 4. The summed E-state index contributed by atoms with van der Waals surface area (Å²) >= 11 is 3.39. The summed E-state index contributed by atoms with van der Waals surface area (Å²) in [7, 11) is 1.60. The van der Waals surface area contributed by atoms with Crippen molar-refractivity contribution in [1.29, 1.82) is 0 Å². The highest BCUT2D eigenvalue weighted by molar-refractivity contribution is 9.10. The molecule has 1 heterocycles. The highest BCUT2D eigenvalue weighted by Gasteiger charge is 2.07. The van der Waals surface area contributed by atoms with Crippen LogP contribution in [-0.2, 0) is 4.79 Å². The molecule has 3 aromatic rings. The fourth-order valence-electron chi connectivity index (χ4n) is 2.19. The van der Waals surface area contributed by atoms with Crippen LogP contribution in [0, 0.1) is 0 Å². The van der Waals surface area contributed by atoms with Gasteiger partial charge in [0.2, 0.25) is 5.91 Å². The lowest BCUT2D eigenvalue weighted by atomic mass is 10.2. The Balaban J connectivity index is 1.77. The molecule has 0 saturated heterocycles. The van der Waals surface area contributed by atoms with Crippen LogP contribution in [0.4, 0.5) is 5.69 Å². The third-order valence-electron chi connectivity index (χ3n) is 3.28. The fourth-order valence-corrected chi connectivity index (χ4v) is 2.58. The molecule has 2 aromatic carbocycles. The number of anilines is 1. The zero-order valence-corrected chi connectivity index (χ0v) is 14.0. The largest absolute Gasteiger partial charge is 0.493 e. The third-order valence-corrected chi connectivity index (χ3v) is 3.97. The van der Waals surface area contributed by atoms with Crippen LogP contribution in [0.5, 0.6) is 5.75 Å². The Hall–Kier alpha value is -2.53. The SMILES string of the molecule is COc1cccc2cc(/C=C/C(=O)Nc3ccccc3Br)oc12. The van der Waals surface area contributed by atoms with Crippen molar-refractivity contribution in [2.24, 2.45) is 0 Å². The first-order valence-electron chi connectivity index (χ1n) is 6.97. The van der Waals surface area contributed by atoms with Crippen molar-refractivity contribution in [3.05, 3.63) is 64.8 Å². The van der Waals surface area contributed by atoms with Gasteiger partial charge in [-0.05, 0) is 46.3 Å². The molecule has 5 heteroatoms. The van der Waals surface area contributed by atoms with Crippen LogP contribution in [0.25, 0.3) is 17.0 Å². The van der Waals surface area contributed by atoms with Crippen molar-refractivity contribution in [3.8, 4) is 5.75 Å². The van der Waals surface area contributed by atoms with E-state index in [0.717, 1.165) is 9.86 Å². The number of hydrogen-bond acceptors (Lipinski definition) is 3. The number of amides is 1. The van der Waals surface area contributed by atoms with Gasteiger partial charge in [0.05, 0.1) is 12.8 Å². The van der Waals surface area contributed by atoms with Gasteiger partial charge in [-0.15, -0.1) is 0 Å². The lowest BCUT2D eigenvalue weighted by molar-refractivity contribution is -0.111. The van der Waals surface area contributed by atoms with Crippen LogP contribution in [0.1, 0.15) is 5.76 Å². The minimum Gasteiger partial charge on any atom is -0.493 e. The van der Waals surface area contributed by atoms with Crippen LogP contribution in [0.15, 0.2) is 63.5 Å². The van der Waals surface area contributed by atoms with Gasteiger partial charge in [0.15, 0.2) is 11.3 Å². The van der Waals surface area contributed by atoms with E-state index < -0.39 is 0 Å². The maximum atomic E-state index is 12.0. The van der Waals surface area contributed by atoms with Gasteiger partial charge >= 0.3 is 0 Å². The maximum Gasteiger partial charge on any atom is 0.248 e. The second-order valence-electron chi connectivity index (χ2n) is 4.83. The van der Waals surface area contributed by atoms with Crippen molar-refractivity contribution in [2.75, 3.05) is 12.4 Å². The van der Waals surface area contributed by atoms with Gasteiger partial charge in [0, 0.05) is 15.9 Å². The molecule has 0 unspecified atom stereocenters. The van der Waals surface area contributed by atoms with Crippen molar-refractivity contribution >= 4 is 44.6 Å². The zero-order chi connectivity index (χ0) is 16.2. The van der Waals surface area contributed by atoms with Gasteiger partial charge in [-0.1, -0.05) is 24.3 Å². The Morgan fingerprint density at radius 2 is 2.04 bits per heavy atom. The predicted octanol–water partition coefficient (Wildman–Crippen LogP) is 4.86. The lowest BCUT2D eigenvalue weighted by Crippen LogP contribution is -2.07. The topological polar surface area (TPSA) is 51.5 Å². The summed E-state index contributed by atoms with van der Waals surface area (Å²) in [6.07, 6.45) is 3.06. The minimum absolute atomic E-state index is 0.232. The van der Waals surface area contributed by atoms with E-state index in [0.29, 0.717) is 22.8 Å². The van der Waals surface area contributed by atoms with Gasteiger partial charge in [0.25, 0.3) is 0 Å². The molecule has 1 N–H and O–H groups in total. The highest BCUT2D eigenvalue weighted by Crippen LogP contribution is 2.29. The van der Waals surface area contributed by atoms with Crippen molar-refractivity contribution < 1.29 is 13.9 Å². The number of furan rings is 1. The van der Waals surface area contributed by atoms with Gasteiger partial charge in [-0.3, -0.25) is 4.79 Å². The van der Waals surface area contributed by atoms with Gasteiger partial charge in [-0.25, -0.2) is 0 Å². The fraction of sp³-hybridized carbons (Fsp3) is 0.0556. The Labute approximate surface area is 141 Å². The second-order valence-corrected chi connectivity index (χ2v) is 5.68. The van der Waals surface area contributed by atoms with Crippen molar-refractivity contribution in [1.82, 2.24) is 0 Å². The number of hydrogen-bond donors (Lipinski definition) is 1. The first kappa shape index (κ1) is 15.4. The average Bonchev–Trinajstić information content (AvgIpc) is 2.98. The number of para-hydroxylation sites is 2. The van der Waals surface area contributed by atoms with E-state index in [1.54, 1.807) is 13.2 Å². The Morgan fingerprint density at radius 3 is 2.83 bits per heavy atom. The van der Waals surface area contributed by atoms with E-state index in [2.05, 4.69) is 21.2 Å². The van der Waals surface area contributed by atoms with Crippen LogP contribution < -0.4 is 10.1 Å². The van der Waals surface area contributed by atoms with E-state index in [9.17, 15) is 4.79 Å². The first-order valence-corrected chi connectivity index (χ1v) is 7.77. The quantitative estimate of drug-likeness (QED) is 0.666. The molecule has 0 radical (unpaired) electrons. The Morgan fingerprint density at radius 1 is 1.22 bits per heavy atom. The molecule has 1 aromatic heterocycles. The van der Waals surface area contributed by atoms with E-state index in [-0.39, 0.29) is 5.91 Å². The standard InChI is InChI=1S/C18H14BrNO3/c1-22-16-8-4-5-12-11-13(23-18(12)16)9-10-17(21)20-15-7-3-2-6-14(15)19/h2-11H,1H3,(H,20,21)/b10-9+. The summed E-state index contributed by atoms with van der Waals surface area (Å²) in [5, 5.41) is 3.72. The zero-order valence-electron chi connectivity index (χ0n) is 12.4. The number of ether oxygens (including phenoxy) is 1. The monoisotopic (exact) mass is 371 g/mol. The Kier molecular flexibility index (Phi) is 4.48. The van der Waals surface area contributed by atoms with Gasteiger partial charge in [0.1, 0.15) is 5.76 Å². The van der Waals surface area contributed by atoms with Crippen molar-refractivity contribution in [3.63, 3.8) is 0 Å². The molecule has 3 rings (SSSR count). The third kappa shape index (κ3) is 3.46. The number of methoxy groups -OCH3 is 1. The number of fused-ring (bicyclic) bond motifs is 1. The summed E-state index contributed by atoms with van der Waals surface area (Å²) in [6.45, 7) is 0. The lowest BCUT2D eigenvalue weighted by Gasteiger charge is -2.03. The highest BCUT2D eigenvalue weighted by atomic mass is 79.9. The number of carbonyl (C=O) groups is 1. The summed E-state index contributed by atoms with van der Waals surface area (Å²) in [5.41, 5.74) is 1.38. The van der Waals surface area contributed by atoms with E-state index >= 15 is 0 Å². The Bertz CT molecular complexity index is 883. The number of nitrogens with one attached hydrogen (secondary N) is 1. The molecule has 1 amide bonds. The summed E-state index contributed by atoms with van der Waals surface area (Å²) < 4.78 is 11.8. The summed E-state index contributed by atoms with van der Waals surface area (Å²) in [6, 6.07) is 14.9. The molecule has 0 bridgehead atoms. The number of halogens is 1. The molecule has 0 fully saturated rings. The normalized spacial score (nSPS) is 11.0. The molecule has 0 aliphatic rings. The van der Waals surface area contributed by atoms with E-state index in [1.807, 2.05) is 48.5 Å². The van der Waals surface area contributed by atoms with Gasteiger partial charge < -0.3 is 14.5 Å². The molecule has 0 saturated carbocycles. The summed E-state index contributed by atoms with van der Waals surface area (Å²) in [5.74, 6) is 1.02. The molecule has 0 atom stereocenters. The first-order chi connectivity index (χ1) is 11.2. The van der Waals surface area contributed by atoms with Crippen LogP contribution in [0.2, 0.25) is 0 Å².